The van der Waals surface area contributed by atoms with Crippen LogP contribution in [0.2, 0.25) is 0 Å². The van der Waals surface area contributed by atoms with E-state index in [1.165, 1.54) is 4.90 Å². The molecule has 0 saturated heterocycles. The van der Waals surface area contributed by atoms with Crippen LogP contribution in [0.25, 0.3) is 0 Å². The van der Waals surface area contributed by atoms with Gasteiger partial charge in [-0.05, 0) is 25.8 Å². The Morgan fingerprint density at radius 3 is 2.23 bits per heavy atom. The van der Waals surface area contributed by atoms with E-state index >= 15 is 0 Å². The highest BCUT2D eigenvalue weighted by Crippen LogP contribution is 2.02. The number of rotatable bonds is 8. The second-order valence-electron chi connectivity index (χ2n) is 4.82. The van der Waals surface area contributed by atoms with E-state index in [2.05, 4.69) is 0 Å². The summed E-state index contributed by atoms with van der Waals surface area (Å²) in [5, 5.41) is 0. The van der Waals surface area contributed by atoms with Gasteiger partial charge in [0.25, 0.3) is 0 Å². The van der Waals surface area contributed by atoms with E-state index in [1.807, 2.05) is 35.1 Å². The number of benzene rings is 1. The number of carbonyl (C=O) groups excluding carboxylic acids is 2. The predicted octanol–water partition coefficient (Wildman–Crippen LogP) is 0.934. The SMILES string of the molecule is CCN(CC)C(=O)CC(=O)NS(=O)(=O)CCc1ccccc1. The minimum atomic E-state index is -3.73. The van der Waals surface area contributed by atoms with Crippen molar-refractivity contribution < 1.29 is 18.0 Å². The topological polar surface area (TPSA) is 83.6 Å². The lowest BCUT2D eigenvalue weighted by atomic mass is 10.2. The molecule has 1 N–H and O–H groups in total. The first-order valence-electron chi connectivity index (χ1n) is 7.23. The maximum absolute atomic E-state index is 11.8. The molecule has 0 heterocycles. The van der Waals surface area contributed by atoms with Gasteiger partial charge in [0, 0.05) is 13.1 Å². The van der Waals surface area contributed by atoms with E-state index in [4.69, 9.17) is 0 Å². The molecule has 0 radical (unpaired) electrons. The Labute approximate surface area is 131 Å². The van der Waals surface area contributed by atoms with Crippen molar-refractivity contribution in [2.24, 2.45) is 0 Å². The second kappa shape index (κ2) is 8.53. The van der Waals surface area contributed by atoms with Gasteiger partial charge in [-0.25, -0.2) is 8.42 Å². The molecular weight excluding hydrogens is 304 g/mol. The molecule has 2 amide bonds. The van der Waals surface area contributed by atoms with E-state index in [0.717, 1.165) is 5.56 Å². The summed E-state index contributed by atoms with van der Waals surface area (Å²) in [6, 6.07) is 9.13. The van der Waals surface area contributed by atoms with Gasteiger partial charge in [0.05, 0.1) is 5.75 Å². The van der Waals surface area contributed by atoms with Crippen LogP contribution in [0, 0.1) is 0 Å². The van der Waals surface area contributed by atoms with Crippen LogP contribution in [0.1, 0.15) is 25.8 Å². The Bertz CT molecular complexity index is 595. The number of nitrogens with zero attached hydrogens (tertiary/aromatic N) is 1. The van der Waals surface area contributed by atoms with Gasteiger partial charge in [0.15, 0.2) is 0 Å². The first kappa shape index (κ1) is 18.2. The van der Waals surface area contributed by atoms with Gasteiger partial charge in [-0.1, -0.05) is 30.3 Å². The highest BCUT2D eigenvalue weighted by molar-refractivity contribution is 7.90. The molecule has 0 aliphatic carbocycles. The van der Waals surface area contributed by atoms with Crippen molar-refractivity contribution in [2.75, 3.05) is 18.8 Å². The van der Waals surface area contributed by atoms with E-state index in [-0.39, 0.29) is 11.7 Å². The summed E-state index contributed by atoms with van der Waals surface area (Å²) in [7, 11) is -3.73. The lowest BCUT2D eigenvalue weighted by Gasteiger charge is -2.18. The molecular formula is C15H22N2O4S. The zero-order chi connectivity index (χ0) is 16.6. The van der Waals surface area contributed by atoms with Crippen LogP contribution in [-0.2, 0) is 26.0 Å². The zero-order valence-corrected chi connectivity index (χ0v) is 13.7. The van der Waals surface area contributed by atoms with Gasteiger partial charge >= 0.3 is 0 Å². The van der Waals surface area contributed by atoms with E-state index in [1.54, 1.807) is 13.8 Å². The standard InChI is InChI=1S/C15H22N2O4S/c1-3-17(4-2)15(19)12-14(18)16-22(20,21)11-10-13-8-6-5-7-9-13/h5-9H,3-4,10-12H2,1-2H3,(H,16,18). The lowest BCUT2D eigenvalue weighted by molar-refractivity contribution is -0.135. The Kier molecular flexibility index (Phi) is 7.04. The van der Waals surface area contributed by atoms with Crippen molar-refractivity contribution in [1.82, 2.24) is 9.62 Å². The third kappa shape index (κ3) is 6.26. The fourth-order valence-electron chi connectivity index (χ4n) is 1.98. The largest absolute Gasteiger partial charge is 0.343 e. The molecule has 6 nitrogen and oxygen atoms in total. The molecule has 122 valence electrons. The summed E-state index contributed by atoms with van der Waals surface area (Å²) in [6.07, 6.45) is -0.139. The molecule has 0 aliphatic rings. The van der Waals surface area contributed by atoms with Crippen LogP contribution in [0.15, 0.2) is 30.3 Å². The zero-order valence-electron chi connectivity index (χ0n) is 12.9. The van der Waals surface area contributed by atoms with Gasteiger partial charge in [0.2, 0.25) is 21.8 Å². The van der Waals surface area contributed by atoms with Crippen molar-refractivity contribution in [1.29, 1.82) is 0 Å². The molecule has 0 unspecified atom stereocenters. The van der Waals surface area contributed by atoms with E-state index in [0.29, 0.717) is 19.5 Å². The quantitative estimate of drug-likeness (QED) is 0.721. The molecule has 0 atom stereocenters. The number of aryl methyl sites for hydroxylation is 1. The Morgan fingerprint density at radius 2 is 1.68 bits per heavy atom. The Morgan fingerprint density at radius 1 is 1.09 bits per heavy atom. The van der Waals surface area contributed by atoms with Crippen molar-refractivity contribution in [3.63, 3.8) is 0 Å². The highest BCUT2D eigenvalue weighted by atomic mass is 32.2. The number of sulfonamides is 1. The molecule has 0 saturated carbocycles. The molecule has 0 fully saturated rings. The minimum Gasteiger partial charge on any atom is -0.343 e. The van der Waals surface area contributed by atoms with E-state index in [9.17, 15) is 18.0 Å². The fraction of sp³-hybridized carbons (Fsp3) is 0.467. The molecule has 7 heteroatoms. The summed E-state index contributed by atoms with van der Waals surface area (Å²) >= 11 is 0. The van der Waals surface area contributed by atoms with Gasteiger partial charge < -0.3 is 4.90 Å². The molecule has 1 rings (SSSR count). The Hall–Kier alpha value is -1.89. The molecule has 22 heavy (non-hydrogen) atoms. The van der Waals surface area contributed by atoms with Gasteiger partial charge in [-0.2, -0.15) is 0 Å². The highest BCUT2D eigenvalue weighted by Gasteiger charge is 2.19. The number of hydrogen-bond acceptors (Lipinski definition) is 4. The van der Waals surface area contributed by atoms with E-state index < -0.39 is 22.4 Å². The first-order valence-corrected chi connectivity index (χ1v) is 8.88. The summed E-state index contributed by atoms with van der Waals surface area (Å²) < 4.78 is 25.6. The third-order valence-corrected chi connectivity index (χ3v) is 4.48. The maximum Gasteiger partial charge on any atom is 0.242 e. The minimum absolute atomic E-state index is 0.192. The monoisotopic (exact) mass is 326 g/mol. The van der Waals surface area contributed by atoms with Crippen LogP contribution < -0.4 is 4.72 Å². The number of carbonyl (C=O) groups is 2. The van der Waals surface area contributed by atoms with Crippen molar-refractivity contribution in [3.8, 4) is 0 Å². The van der Waals surface area contributed by atoms with Crippen molar-refractivity contribution in [3.05, 3.63) is 35.9 Å². The first-order chi connectivity index (χ1) is 10.4. The molecule has 0 spiro atoms. The van der Waals surface area contributed by atoms with Crippen LogP contribution in [-0.4, -0.2) is 44.0 Å². The Balaban J connectivity index is 2.50. The summed E-state index contributed by atoms with van der Waals surface area (Å²) in [6.45, 7) is 4.58. The number of amides is 2. The van der Waals surface area contributed by atoms with Gasteiger partial charge in [-0.3, -0.25) is 14.3 Å². The van der Waals surface area contributed by atoms with Crippen LogP contribution in [0.3, 0.4) is 0 Å². The average molecular weight is 326 g/mol. The predicted molar refractivity (Wildman–Crippen MR) is 84.6 cm³/mol. The van der Waals surface area contributed by atoms with Crippen LogP contribution in [0.5, 0.6) is 0 Å². The molecule has 1 aromatic carbocycles. The summed E-state index contributed by atoms with van der Waals surface area (Å²) in [5.74, 6) is -1.35. The molecule has 0 bridgehead atoms. The van der Waals surface area contributed by atoms with Crippen LogP contribution >= 0.6 is 0 Å². The molecule has 0 aromatic heterocycles. The summed E-state index contributed by atoms with van der Waals surface area (Å²) in [5.41, 5.74) is 0.875. The number of hydrogen-bond donors (Lipinski definition) is 1. The molecule has 1 aromatic rings. The van der Waals surface area contributed by atoms with Gasteiger partial charge in [0.1, 0.15) is 6.42 Å². The fourth-order valence-corrected chi connectivity index (χ4v) is 3.01. The lowest BCUT2D eigenvalue weighted by Crippen LogP contribution is -2.38. The summed E-state index contributed by atoms with van der Waals surface area (Å²) in [4.78, 5) is 24.9. The second-order valence-corrected chi connectivity index (χ2v) is 6.66. The van der Waals surface area contributed by atoms with Crippen molar-refractivity contribution >= 4 is 21.8 Å². The van der Waals surface area contributed by atoms with Crippen LogP contribution in [0.4, 0.5) is 0 Å². The maximum atomic E-state index is 11.8. The molecule has 0 aliphatic heterocycles. The smallest absolute Gasteiger partial charge is 0.242 e. The van der Waals surface area contributed by atoms with Gasteiger partial charge in [-0.15, -0.1) is 0 Å². The average Bonchev–Trinajstić information content (AvgIpc) is 2.47. The number of nitrogens with one attached hydrogen (secondary N) is 1. The van der Waals surface area contributed by atoms with Crippen molar-refractivity contribution in [2.45, 2.75) is 26.7 Å². The third-order valence-electron chi connectivity index (χ3n) is 3.20. The normalized spacial score (nSPS) is 11.0.